The lowest BCUT2D eigenvalue weighted by Crippen LogP contribution is -2.60. The topological polar surface area (TPSA) is 215 Å². The summed E-state index contributed by atoms with van der Waals surface area (Å²) in [5.41, 5.74) is 2.82. The molecule has 1 rings (SSSR count). The Morgan fingerprint density at radius 3 is 2.06 bits per heavy atom. The highest BCUT2D eigenvalue weighted by Gasteiger charge is 2.28. The van der Waals surface area contributed by atoms with E-state index in [0.29, 0.717) is 5.01 Å². The average Bonchev–Trinajstić information content (AvgIpc) is 2.78. The van der Waals surface area contributed by atoms with Crippen LogP contribution in [0.4, 0.5) is 4.79 Å². The molecule has 0 unspecified atom stereocenters. The summed E-state index contributed by atoms with van der Waals surface area (Å²) in [6.07, 6.45) is -0.451. The predicted octanol–water partition coefficient (Wildman–Crippen LogP) is -2.74. The number of aliphatic carboxylic acids is 1. The fraction of sp³-hybridized carbons (Fsp3) is 0.421. The molecule has 33 heavy (non-hydrogen) atoms. The Hall–Kier alpha value is -3.75. The standard InChI is InChI=1S/C19H28N6O8/c1-12(28)25(8-7-16(29)30)23-18(32)15(11-27)21-17(31)14(10-26)22-19(33)24(20)9-13-5-3-2-4-6-13/h2-6,14-15,26-27H,7-11,20H2,1H3,(H,21,31)(H,22,33)(H,23,32)(H,29,30)/t14-,15-/m0/s1. The van der Waals surface area contributed by atoms with E-state index in [0.717, 1.165) is 17.5 Å². The molecule has 5 amide bonds. The van der Waals surface area contributed by atoms with Gasteiger partial charge in [0, 0.05) is 6.92 Å². The number of carbonyl (C=O) groups excluding carboxylic acids is 4. The van der Waals surface area contributed by atoms with E-state index in [2.05, 4.69) is 16.1 Å². The molecular weight excluding hydrogens is 440 g/mol. The van der Waals surface area contributed by atoms with Crippen molar-refractivity contribution in [2.45, 2.75) is 32.0 Å². The molecule has 0 aliphatic rings. The molecule has 1 aromatic carbocycles. The number of nitrogens with two attached hydrogens (primary N) is 1. The molecule has 0 heterocycles. The molecule has 0 saturated carbocycles. The molecular formula is C19H28N6O8. The van der Waals surface area contributed by atoms with Crippen molar-refractivity contribution in [3.05, 3.63) is 35.9 Å². The van der Waals surface area contributed by atoms with Crippen LogP contribution in [0.3, 0.4) is 0 Å². The van der Waals surface area contributed by atoms with Gasteiger partial charge < -0.3 is 26.0 Å². The largest absolute Gasteiger partial charge is 0.481 e. The molecule has 0 saturated heterocycles. The van der Waals surface area contributed by atoms with Crippen LogP contribution in [0.1, 0.15) is 18.9 Å². The quantitative estimate of drug-likeness (QED) is 0.102. The van der Waals surface area contributed by atoms with Crippen molar-refractivity contribution < 1.29 is 39.3 Å². The summed E-state index contributed by atoms with van der Waals surface area (Å²) in [6.45, 7) is -0.961. The van der Waals surface area contributed by atoms with Crippen molar-refractivity contribution >= 4 is 29.7 Å². The van der Waals surface area contributed by atoms with Crippen molar-refractivity contribution in [2.24, 2.45) is 5.84 Å². The minimum absolute atomic E-state index is 0.0192. The number of carbonyl (C=O) groups is 5. The molecule has 0 radical (unpaired) electrons. The number of rotatable bonds is 11. The number of aliphatic hydroxyl groups excluding tert-OH is 2. The van der Waals surface area contributed by atoms with E-state index in [-0.39, 0.29) is 13.1 Å². The number of aliphatic hydroxyl groups is 2. The molecule has 1 aromatic rings. The van der Waals surface area contributed by atoms with E-state index in [9.17, 15) is 34.2 Å². The zero-order valence-electron chi connectivity index (χ0n) is 17.9. The number of hydrogen-bond acceptors (Lipinski definition) is 8. The number of nitrogens with zero attached hydrogens (tertiary/aromatic N) is 2. The second-order valence-electron chi connectivity index (χ2n) is 6.83. The summed E-state index contributed by atoms with van der Waals surface area (Å²) < 4.78 is 0. The maximum atomic E-state index is 12.4. The first-order valence-electron chi connectivity index (χ1n) is 9.78. The Bertz CT molecular complexity index is 837. The maximum Gasteiger partial charge on any atom is 0.332 e. The SMILES string of the molecule is CC(=O)N(CCC(=O)O)NC(=O)[C@H](CO)NC(=O)[C@H](CO)NC(=O)N(N)Cc1ccccc1. The first-order valence-corrected chi connectivity index (χ1v) is 9.78. The molecule has 0 fully saturated rings. The first-order chi connectivity index (χ1) is 15.6. The average molecular weight is 468 g/mol. The maximum absolute atomic E-state index is 12.4. The highest BCUT2D eigenvalue weighted by molar-refractivity contribution is 5.92. The van der Waals surface area contributed by atoms with Crippen LogP contribution >= 0.6 is 0 Å². The van der Waals surface area contributed by atoms with Crippen molar-refractivity contribution in [3.8, 4) is 0 Å². The molecule has 0 spiro atoms. The van der Waals surface area contributed by atoms with Crippen LogP contribution in [0, 0.1) is 0 Å². The number of hydrogen-bond donors (Lipinski definition) is 7. The third-order valence-electron chi connectivity index (χ3n) is 4.24. The lowest BCUT2D eigenvalue weighted by Gasteiger charge is -2.26. The van der Waals surface area contributed by atoms with Gasteiger partial charge in [0.25, 0.3) is 5.91 Å². The molecule has 0 aromatic heterocycles. The Balaban J connectivity index is 2.70. The van der Waals surface area contributed by atoms with E-state index in [1.807, 2.05) is 0 Å². The van der Waals surface area contributed by atoms with E-state index in [1.165, 1.54) is 0 Å². The normalized spacial score (nSPS) is 12.1. The first kappa shape index (κ1) is 27.3. The van der Waals surface area contributed by atoms with Crippen molar-refractivity contribution in [1.82, 2.24) is 26.1 Å². The van der Waals surface area contributed by atoms with Gasteiger partial charge in [-0.05, 0) is 5.56 Å². The van der Waals surface area contributed by atoms with Crippen LogP contribution in [-0.4, -0.2) is 86.9 Å². The van der Waals surface area contributed by atoms with E-state index in [1.54, 1.807) is 30.3 Å². The zero-order valence-corrected chi connectivity index (χ0v) is 17.9. The fourth-order valence-corrected chi connectivity index (χ4v) is 2.45. The lowest BCUT2D eigenvalue weighted by molar-refractivity contribution is -0.144. The Morgan fingerprint density at radius 2 is 1.55 bits per heavy atom. The summed E-state index contributed by atoms with van der Waals surface area (Å²) in [4.78, 5) is 59.2. The number of benzene rings is 1. The van der Waals surface area contributed by atoms with Gasteiger partial charge >= 0.3 is 12.0 Å². The fourth-order valence-electron chi connectivity index (χ4n) is 2.45. The van der Waals surface area contributed by atoms with Gasteiger partial charge in [-0.15, -0.1) is 0 Å². The Labute approximate surface area is 189 Å². The van der Waals surface area contributed by atoms with E-state index < -0.39 is 61.4 Å². The minimum Gasteiger partial charge on any atom is -0.481 e. The smallest absolute Gasteiger partial charge is 0.332 e. The van der Waals surface area contributed by atoms with Gasteiger partial charge in [0.15, 0.2) is 0 Å². The molecule has 8 N–H and O–H groups in total. The number of nitrogens with one attached hydrogen (secondary N) is 3. The molecule has 0 aliphatic heterocycles. The summed E-state index contributed by atoms with van der Waals surface area (Å²) in [5, 5.41) is 33.5. The number of carboxylic acids is 1. The van der Waals surface area contributed by atoms with Gasteiger partial charge in [-0.2, -0.15) is 0 Å². The zero-order chi connectivity index (χ0) is 25.0. The Kier molecular flexibility index (Phi) is 11.3. The van der Waals surface area contributed by atoms with Crippen LogP contribution in [-0.2, 0) is 25.7 Å². The monoisotopic (exact) mass is 468 g/mol. The summed E-state index contributed by atoms with van der Waals surface area (Å²) in [6, 6.07) is 4.80. The summed E-state index contributed by atoms with van der Waals surface area (Å²) >= 11 is 0. The third-order valence-corrected chi connectivity index (χ3v) is 4.24. The van der Waals surface area contributed by atoms with Crippen molar-refractivity contribution in [1.29, 1.82) is 0 Å². The second kappa shape index (κ2) is 13.6. The highest BCUT2D eigenvalue weighted by Crippen LogP contribution is 2.02. The number of urea groups is 1. The number of carboxylic acid groups (broad SMARTS) is 1. The Morgan fingerprint density at radius 1 is 0.970 bits per heavy atom. The predicted molar refractivity (Wildman–Crippen MR) is 112 cm³/mol. The van der Waals surface area contributed by atoms with Crippen LogP contribution in [0.15, 0.2) is 30.3 Å². The van der Waals surface area contributed by atoms with E-state index in [4.69, 9.17) is 10.9 Å². The summed E-state index contributed by atoms with van der Waals surface area (Å²) in [7, 11) is 0. The molecule has 14 nitrogen and oxygen atoms in total. The van der Waals surface area contributed by atoms with Gasteiger partial charge in [-0.1, -0.05) is 30.3 Å². The van der Waals surface area contributed by atoms with Gasteiger partial charge in [0.2, 0.25) is 11.8 Å². The second-order valence-corrected chi connectivity index (χ2v) is 6.83. The van der Waals surface area contributed by atoms with Crippen LogP contribution < -0.4 is 21.9 Å². The lowest BCUT2D eigenvalue weighted by atomic mass is 10.2. The molecule has 14 heteroatoms. The van der Waals surface area contributed by atoms with Crippen molar-refractivity contribution in [3.63, 3.8) is 0 Å². The molecule has 2 atom stereocenters. The molecule has 182 valence electrons. The van der Waals surface area contributed by atoms with Gasteiger partial charge in [-0.3, -0.25) is 34.6 Å². The highest BCUT2D eigenvalue weighted by atomic mass is 16.4. The van der Waals surface area contributed by atoms with Gasteiger partial charge in [0.05, 0.1) is 32.7 Å². The van der Waals surface area contributed by atoms with E-state index >= 15 is 0 Å². The summed E-state index contributed by atoms with van der Waals surface area (Å²) in [5.74, 6) is 1.79. The molecule has 0 aliphatic carbocycles. The third kappa shape index (κ3) is 9.51. The van der Waals surface area contributed by atoms with Crippen LogP contribution in [0.5, 0.6) is 0 Å². The van der Waals surface area contributed by atoms with Crippen LogP contribution in [0.2, 0.25) is 0 Å². The van der Waals surface area contributed by atoms with Crippen molar-refractivity contribution in [2.75, 3.05) is 19.8 Å². The minimum atomic E-state index is -1.56. The number of hydrazine groups is 2. The van der Waals surface area contributed by atoms with Crippen LogP contribution in [0.25, 0.3) is 0 Å². The molecule has 0 bridgehead atoms. The number of amides is 5. The van der Waals surface area contributed by atoms with Gasteiger partial charge in [0.1, 0.15) is 12.1 Å². The van der Waals surface area contributed by atoms with Gasteiger partial charge in [-0.25, -0.2) is 10.6 Å².